The number of methoxy groups -OCH3 is 2. The first-order chi connectivity index (χ1) is 13.5. The number of ether oxygens (including phenoxy) is 2. The summed E-state index contributed by atoms with van der Waals surface area (Å²) in [5.74, 6) is 1.13. The molecule has 0 aliphatic carbocycles. The maximum Gasteiger partial charge on any atom is 0.241 e. The molecule has 0 radical (unpaired) electrons. The lowest BCUT2D eigenvalue weighted by atomic mass is 9.99. The smallest absolute Gasteiger partial charge is 0.241 e. The fourth-order valence-electron chi connectivity index (χ4n) is 3.30. The lowest BCUT2D eigenvalue weighted by molar-refractivity contribution is -0.117. The minimum Gasteiger partial charge on any atom is -0.497 e. The van der Waals surface area contributed by atoms with E-state index in [4.69, 9.17) is 9.47 Å². The molecule has 0 aromatic heterocycles. The van der Waals surface area contributed by atoms with Gasteiger partial charge >= 0.3 is 0 Å². The molecule has 2 N–H and O–H groups in total. The summed E-state index contributed by atoms with van der Waals surface area (Å²) in [6.45, 7) is 3.93. The molecular weight excluding hydrogens is 352 g/mol. The van der Waals surface area contributed by atoms with Crippen molar-refractivity contribution in [3.63, 3.8) is 0 Å². The van der Waals surface area contributed by atoms with Crippen LogP contribution in [0.25, 0.3) is 10.8 Å². The molecule has 5 heteroatoms. The highest BCUT2D eigenvalue weighted by molar-refractivity contribution is 5.95. The highest BCUT2D eigenvalue weighted by atomic mass is 16.5. The van der Waals surface area contributed by atoms with Crippen molar-refractivity contribution >= 4 is 22.4 Å². The molecule has 0 heterocycles. The van der Waals surface area contributed by atoms with Crippen molar-refractivity contribution in [2.24, 2.45) is 0 Å². The summed E-state index contributed by atoms with van der Waals surface area (Å²) < 4.78 is 10.5. The molecule has 0 unspecified atom stereocenters. The Morgan fingerprint density at radius 3 is 2.21 bits per heavy atom. The lowest BCUT2D eigenvalue weighted by Gasteiger charge is -2.21. The van der Waals surface area contributed by atoms with E-state index in [9.17, 15) is 4.79 Å². The molecular formula is C23H26N2O3. The molecule has 3 aromatic carbocycles. The van der Waals surface area contributed by atoms with Gasteiger partial charge in [0.05, 0.1) is 20.3 Å². The third-order valence-corrected chi connectivity index (χ3v) is 4.80. The Morgan fingerprint density at radius 1 is 0.893 bits per heavy atom. The van der Waals surface area contributed by atoms with Crippen LogP contribution in [0, 0.1) is 0 Å². The second-order valence-electron chi connectivity index (χ2n) is 6.77. The fourth-order valence-corrected chi connectivity index (χ4v) is 3.30. The van der Waals surface area contributed by atoms with E-state index in [0.717, 1.165) is 0 Å². The van der Waals surface area contributed by atoms with Gasteiger partial charge in [-0.2, -0.15) is 0 Å². The second-order valence-corrected chi connectivity index (χ2v) is 6.77. The molecule has 0 saturated heterocycles. The first-order valence-corrected chi connectivity index (χ1v) is 9.29. The molecule has 0 saturated carbocycles. The van der Waals surface area contributed by atoms with Crippen molar-refractivity contribution < 1.29 is 14.3 Å². The average Bonchev–Trinajstić information content (AvgIpc) is 2.72. The summed E-state index contributed by atoms with van der Waals surface area (Å²) in [5, 5.41) is 8.69. The SMILES string of the molecule is COc1cc(NC(=O)[C@@H](C)N[C@H](C)c2cccc3ccccc23)cc(OC)c1. The first kappa shape index (κ1) is 19.7. The Bertz CT molecular complexity index is 943. The number of benzene rings is 3. The van der Waals surface area contributed by atoms with Crippen molar-refractivity contribution in [3.8, 4) is 11.5 Å². The molecule has 3 rings (SSSR count). The van der Waals surface area contributed by atoms with Gasteiger partial charge in [-0.05, 0) is 30.2 Å². The summed E-state index contributed by atoms with van der Waals surface area (Å²) in [4.78, 5) is 12.7. The first-order valence-electron chi connectivity index (χ1n) is 9.29. The number of hydrogen-bond acceptors (Lipinski definition) is 4. The van der Waals surface area contributed by atoms with Gasteiger partial charge in [-0.1, -0.05) is 42.5 Å². The third kappa shape index (κ3) is 4.43. The Hall–Kier alpha value is -3.05. The van der Waals surface area contributed by atoms with E-state index >= 15 is 0 Å². The highest BCUT2D eigenvalue weighted by Gasteiger charge is 2.18. The predicted octanol–water partition coefficient (Wildman–Crippen LogP) is 4.53. The van der Waals surface area contributed by atoms with Gasteiger partial charge in [-0.3, -0.25) is 10.1 Å². The monoisotopic (exact) mass is 378 g/mol. The molecule has 0 spiro atoms. The molecule has 146 valence electrons. The van der Waals surface area contributed by atoms with Gasteiger partial charge in [0.15, 0.2) is 0 Å². The number of anilines is 1. The van der Waals surface area contributed by atoms with E-state index in [1.54, 1.807) is 32.4 Å². The average molecular weight is 378 g/mol. The van der Waals surface area contributed by atoms with Gasteiger partial charge in [-0.15, -0.1) is 0 Å². The number of rotatable bonds is 7. The number of hydrogen-bond donors (Lipinski definition) is 2. The van der Waals surface area contributed by atoms with E-state index in [2.05, 4.69) is 41.8 Å². The number of nitrogens with one attached hydrogen (secondary N) is 2. The Balaban J connectivity index is 1.72. The van der Waals surface area contributed by atoms with Gasteiger partial charge < -0.3 is 14.8 Å². The molecule has 5 nitrogen and oxygen atoms in total. The molecule has 28 heavy (non-hydrogen) atoms. The highest BCUT2D eigenvalue weighted by Crippen LogP contribution is 2.27. The van der Waals surface area contributed by atoms with Crippen LogP contribution < -0.4 is 20.1 Å². The van der Waals surface area contributed by atoms with Crippen LogP contribution in [-0.2, 0) is 4.79 Å². The minimum absolute atomic E-state index is 0.0201. The molecule has 0 fully saturated rings. The topological polar surface area (TPSA) is 59.6 Å². The van der Waals surface area contributed by atoms with Crippen LogP contribution in [-0.4, -0.2) is 26.2 Å². The summed E-state index contributed by atoms with van der Waals surface area (Å²) in [6, 6.07) is 19.4. The van der Waals surface area contributed by atoms with Gasteiger partial charge in [0.1, 0.15) is 11.5 Å². The standard InChI is InChI=1S/C23H26N2O3/c1-15(21-11-7-9-17-8-5-6-10-22(17)21)24-16(2)23(26)25-18-12-19(27-3)14-20(13-18)28-4/h5-16,24H,1-4H3,(H,25,26)/t15-,16-/m1/s1. The largest absolute Gasteiger partial charge is 0.497 e. The van der Waals surface area contributed by atoms with Crippen molar-refractivity contribution in [1.82, 2.24) is 5.32 Å². The van der Waals surface area contributed by atoms with E-state index in [1.807, 2.05) is 25.1 Å². The van der Waals surface area contributed by atoms with Gasteiger partial charge in [0.25, 0.3) is 0 Å². The molecule has 2 atom stereocenters. The quantitative estimate of drug-likeness (QED) is 0.634. The zero-order valence-corrected chi connectivity index (χ0v) is 16.7. The maximum absolute atomic E-state index is 12.7. The Kier molecular flexibility index (Phi) is 6.16. The van der Waals surface area contributed by atoms with Gasteiger partial charge in [0, 0.05) is 29.9 Å². The van der Waals surface area contributed by atoms with Crippen LogP contribution in [0.1, 0.15) is 25.5 Å². The van der Waals surface area contributed by atoms with E-state index < -0.39 is 0 Å². The normalized spacial score (nSPS) is 13.0. The van der Waals surface area contributed by atoms with E-state index in [-0.39, 0.29) is 18.0 Å². The van der Waals surface area contributed by atoms with Crippen LogP contribution in [0.5, 0.6) is 11.5 Å². The minimum atomic E-state index is -0.383. The lowest BCUT2D eigenvalue weighted by Crippen LogP contribution is -2.39. The summed E-state index contributed by atoms with van der Waals surface area (Å²) in [5.41, 5.74) is 1.80. The molecule has 0 aliphatic heterocycles. The van der Waals surface area contributed by atoms with Crippen molar-refractivity contribution in [2.45, 2.75) is 25.9 Å². The van der Waals surface area contributed by atoms with Crippen LogP contribution >= 0.6 is 0 Å². The van der Waals surface area contributed by atoms with Gasteiger partial charge in [0.2, 0.25) is 5.91 Å². The number of fused-ring (bicyclic) bond motifs is 1. The van der Waals surface area contributed by atoms with Crippen LogP contribution in [0.3, 0.4) is 0 Å². The number of carbonyl (C=O) groups is 1. The zero-order chi connectivity index (χ0) is 20.1. The molecule has 0 aliphatic rings. The number of amides is 1. The molecule has 0 bridgehead atoms. The van der Waals surface area contributed by atoms with Crippen LogP contribution in [0.2, 0.25) is 0 Å². The van der Waals surface area contributed by atoms with Crippen molar-refractivity contribution in [3.05, 3.63) is 66.2 Å². The summed E-state index contributed by atoms with van der Waals surface area (Å²) >= 11 is 0. The predicted molar refractivity (Wildman–Crippen MR) is 113 cm³/mol. The Labute approximate surface area is 165 Å². The van der Waals surface area contributed by atoms with E-state index in [0.29, 0.717) is 17.2 Å². The summed E-state index contributed by atoms with van der Waals surface area (Å²) in [6.07, 6.45) is 0. The Morgan fingerprint density at radius 2 is 1.54 bits per heavy atom. The van der Waals surface area contributed by atoms with E-state index in [1.165, 1.54) is 16.3 Å². The second kappa shape index (κ2) is 8.76. The molecule has 3 aromatic rings. The number of carbonyl (C=O) groups excluding carboxylic acids is 1. The maximum atomic E-state index is 12.7. The van der Waals surface area contributed by atoms with Crippen LogP contribution in [0.15, 0.2) is 60.7 Å². The fraction of sp³-hybridized carbons (Fsp3) is 0.261. The van der Waals surface area contributed by atoms with Crippen molar-refractivity contribution in [1.29, 1.82) is 0 Å². The summed E-state index contributed by atoms with van der Waals surface area (Å²) in [7, 11) is 3.16. The third-order valence-electron chi connectivity index (χ3n) is 4.80. The van der Waals surface area contributed by atoms with Crippen molar-refractivity contribution in [2.75, 3.05) is 19.5 Å². The van der Waals surface area contributed by atoms with Gasteiger partial charge in [-0.25, -0.2) is 0 Å². The van der Waals surface area contributed by atoms with Crippen LogP contribution in [0.4, 0.5) is 5.69 Å². The zero-order valence-electron chi connectivity index (χ0n) is 16.7. The molecule has 1 amide bonds.